The molecule has 0 bridgehead atoms. The highest BCUT2D eigenvalue weighted by molar-refractivity contribution is 7.72. The maximum Gasteiger partial charge on any atom is 0.401 e. The van der Waals surface area contributed by atoms with E-state index in [1.165, 1.54) is 12.5 Å². The highest BCUT2D eigenvalue weighted by Gasteiger charge is 2.36. The molecule has 5 nitrogen and oxygen atoms in total. The molecule has 0 aliphatic carbocycles. The van der Waals surface area contributed by atoms with Crippen LogP contribution in [-0.4, -0.2) is 18.7 Å². The molecule has 1 aromatic rings. The van der Waals surface area contributed by atoms with Crippen molar-refractivity contribution in [1.82, 2.24) is 0 Å². The summed E-state index contributed by atoms with van der Waals surface area (Å²) in [6, 6.07) is 0. The van der Waals surface area contributed by atoms with Crippen molar-refractivity contribution in [3.8, 4) is 0 Å². The number of rotatable bonds is 6. The van der Waals surface area contributed by atoms with Crippen molar-refractivity contribution < 1.29 is 22.8 Å². The molecule has 1 rings (SSSR count). The summed E-state index contributed by atoms with van der Waals surface area (Å²) in [4.78, 5) is 12.0. The fraction of sp³-hybridized carbons (Fsp3) is 0.500. The van der Waals surface area contributed by atoms with E-state index in [4.69, 9.17) is 13.5 Å². The van der Waals surface area contributed by atoms with Gasteiger partial charge in [-0.25, -0.2) is 0 Å². The van der Waals surface area contributed by atoms with Crippen LogP contribution in [0, 0.1) is 6.92 Å². The van der Waals surface area contributed by atoms with E-state index < -0.39 is 13.1 Å². The van der Waals surface area contributed by atoms with Gasteiger partial charge in [-0.15, -0.1) is 0 Å². The summed E-state index contributed by atoms with van der Waals surface area (Å²) >= 11 is 0. The van der Waals surface area contributed by atoms with Crippen molar-refractivity contribution >= 4 is 13.1 Å². The Morgan fingerprint density at radius 1 is 1.31 bits per heavy atom. The summed E-state index contributed by atoms with van der Waals surface area (Å²) in [5, 5.41) is 0. The average molecular weight is 246 g/mol. The third-order valence-electron chi connectivity index (χ3n) is 1.93. The molecule has 0 aliphatic rings. The summed E-state index contributed by atoms with van der Waals surface area (Å²) < 4.78 is 26.9. The first-order valence-corrected chi connectivity index (χ1v) is 6.56. The maximum atomic E-state index is 12.1. The minimum absolute atomic E-state index is 0.153. The quantitative estimate of drug-likeness (QED) is 0.722. The molecule has 0 saturated carbocycles. The molecule has 0 amide bonds. The molecule has 1 aromatic heterocycles. The Labute approximate surface area is 94.3 Å². The summed E-state index contributed by atoms with van der Waals surface area (Å²) in [5.74, 6) is 0. The molecule has 90 valence electrons. The largest absolute Gasteiger partial charge is 0.472 e. The molecule has 0 spiro atoms. The van der Waals surface area contributed by atoms with Crippen LogP contribution in [-0.2, 0) is 13.6 Å². The monoisotopic (exact) mass is 246 g/mol. The fourth-order valence-corrected chi connectivity index (χ4v) is 2.73. The van der Waals surface area contributed by atoms with Crippen LogP contribution < -0.4 is 0 Å². The number of carbonyl (C=O) groups is 1. The summed E-state index contributed by atoms with van der Waals surface area (Å²) in [7, 11) is -3.72. The Kier molecular flexibility index (Phi) is 4.47. The Morgan fingerprint density at radius 3 is 2.25 bits per heavy atom. The molecule has 0 aliphatic heterocycles. The molecular formula is C10H15O5P. The summed E-state index contributed by atoms with van der Waals surface area (Å²) in [6.07, 6.45) is 2.66. The number of aryl methyl sites for hydroxylation is 1. The molecule has 0 fully saturated rings. The van der Waals surface area contributed by atoms with Crippen molar-refractivity contribution in [1.29, 1.82) is 0 Å². The maximum absolute atomic E-state index is 12.1. The van der Waals surface area contributed by atoms with E-state index in [0.29, 0.717) is 5.56 Å². The minimum Gasteiger partial charge on any atom is -0.472 e. The lowest BCUT2D eigenvalue weighted by Crippen LogP contribution is -2.07. The van der Waals surface area contributed by atoms with Crippen LogP contribution in [0.1, 0.15) is 29.8 Å². The molecule has 0 aromatic carbocycles. The molecule has 6 heteroatoms. The van der Waals surface area contributed by atoms with E-state index in [-0.39, 0.29) is 18.8 Å². The Morgan fingerprint density at radius 2 is 1.88 bits per heavy atom. The lowest BCUT2D eigenvalue weighted by molar-refractivity contribution is 0.1000. The van der Waals surface area contributed by atoms with Gasteiger partial charge in [-0.2, -0.15) is 0 Å². The molecule has 0 N–H and O–H groups in total. The summed E-state index contributed by atoms with van der Waals surface area (Å²) in [5.41, 5.74) is 0.206. The van der Waals surface area contributed by atoms with Gasteiger partial charge in [0.15, 0.2) is 0 Å². The van der Waals surface area contributed by atoms with E-state index >= 15 is 0 Å². The van der Waals surface area contributed by atoms with E-state index in [9.17, 15) is 9.36 Å². The summed E-state index contributed by atoms with van der Waals surface area (Å²) in [6.45, 7) is 5.31. The van der Waals surface area contributed by atoms with Gasteiger partial charge < -0.3 is 13.5 Å². The number of hydrogen-bond acceptors (Lipinski definition) is 5. The van der Waals surface area contributed by atoms with Gasteiger partial charge in [0.05, 0.1) is 25.0 Å². The SMILES string of the molecule is CCOP(=O)(OCC)C(=O)c1cocc1C. The first-order valence-electron chi connectivity index (χ1n) is 5.02. The number of furan rings is 1. The lowest BCUT2D eigenvalue weighted by atomic mass is 10.2. The number of carbonyl (C=O) groups excluding carboxylic acids is 1. The van der Waals surface area contributed by atoms with Crippen LogP contribution in [0.2, 0.25) is 0 Å². The first-order chi connectivity index (χ1) is 7.55. The second-order valence-corrected chi connectivity index (χ2v) is 5.02. The first kappa shape index (κ1) is 13.2. The van der Waals surface area contributed by atoms with Gasteiger partial charge in [0.25, 0.3) is 5.52 Å². The predicted octanol–water partition coefficient (Wildman–Crippen LogP) is 2.99. The standard InChI is InChI=1S/C10H15O5P/c1-4-14-16(12,15-5-2)10(11)9-7-13-6-8(9)3/h6-7H,4-5H2,1-3H3. The normalized spacial score (nSPS) is 11.7. The van der Waals surface area contributed by atoms with Crippen LogP contribution >= 0.6 is 7.60 Å². The third-order valence-corrected chi connectivity index (χ3v) is 3.87. The smallest absolute Gasteiger partial charge is 0.401 e. The third kappa shape index (κ3) is 2.61. The highest BCUT2D eigenvalue weighted by atomic mass is 31.2. The molecule has 0 atom stereocenters. The van der Waals surface area contributed by atoms with Crippen LogP contribution in [0.4, 0.5) is 0 Å². The van der Waals surface area contributed by atoms with Crippen LogP contribution in [0.5, 0.6) is 0 Å². The van der Waals surface area contributed by atoms with Crippen molar-refractivity contribution in [2.24, 2.45) is 0 Å². The molecule has 0 unspecified atom stereocenters. The van der Waals surface area contributed by atoms with Gasteiger partial charge in [0.1, 0.15) is 6.26 Å². The van der Waals surface area contributed by atoms with Gasteiger partial charge >= 0.3 is 7.60 Å². The molecule has 0 radical (unpaired) electrons. The zero-order valence-corrected chi connectivity index (χ0v) is 10.5. The second-order valence-electron chi connectivity index (χ2n) is 3.11. The Bertz CT molecular complexity index is 399. The van der Waals surface area contributed by atoms with E-state index in [1.54, 1.807) is 20.8 Å². The highest BCUT2D eigenvalue weighted by Crippen LogP contribution is 2.51. The van der Waals surface area contributed by atoms with Crippen molar-refractivity contribution in [3.05, 3.63) is 23.7 Å². The Balaban J connectivity index is 3.01. The molecule has 16 heavy (non-hydrogen) atoms. The van der Waals surface area contributed by atoms with E-state index in [0.717, 1.165) is 0 Å². The van der Waals surface area contributed by atoms with Crippen LogP contribution in [0.25, 0.3) is 0 Å². The predicted molar refractivity (Wildman–Crippen MR) is 58.6 cm³/mol. The van der Waals surface area contributed by atoms with Gasteiger partial charge in [-0.1, -0.05) is 0 Å². The van der Waals surface area contributed by atoms with Crippen molar-refractivity contribution in [2.75, 3.05) is 13.2 Å². The Hall–Kier alpha value is -0.900. The van der Waals surface area contributed by atoms with Gasteiger partial charge in [-0.3, -0.25) is 9.36 Å². The van der Waals surface area contributed by atoms with Gasteiger partial charge in [-0.05, 0) is 26.3 Å². The van der Waals surface area contributed by atoms with Crippen molar-refractivity contribution in [3.63, 3.8) is 0 Å². The van der Waals surface area contributed by atoms with Crippen molar-refractivity contribution in [2.45, 2.75) is 20.8 Å². The molecule has 1 heterocycles. The average Bonchev–Trinajstić information content (AvgIpc) is 2.64. The molecule has 0 saturated heterocycles. The van der Waals surface area contributed by atoms with Crippen LogP contribution in [0.15, 0.2) is 16.9 Å². The van der Waals surface area contributed by atoms with E-state index in [1.807, 2.05) is 0 Å². The second kappa shape index (κ2) is 5.43. The topological polar surface area (TPSA) is 65.7 Å². The van der Waals surface area contributed by atoms with Gasteiger partial charge in [0, 0.05) is 0 Å². The minimum atomic E-state index is -3.72. The zero-order chi connectivity index (χ0) is 12.2. The van der Waals surface area contributed by atoms with E-state index in [2.05, 4.69) is 0 Å². The lowest BCUT2D eigenvalue weighted by Gasteiger charge is -2.14. The fourth-order valence-electron chi connectivity index (χ4n) is 1.22. The zero-order valence-electron chi connectivity index (χ0n) is 9.56. The van der Waals surface area contributed by atoms with Gasteiger partial charge in [0.2, 0.25) is 0 Å². The molecular weight excluding hydrogens is 231 g/mol. The number of hydrogen-bond donors (Lipinski definition) is 0. The van der Waals surface area contributed by atoms with Crippen LogP contribution in [0.3, 0.4) is 0 Å².